The number of carbonyl (C=O) groups is 1. The van der Waals surface area contributed by atoms with Crippen molar-refractivity contribution in [1.29, 1.82) is 0 Å². The lowest BCUT2D eigenvalue weighted by molar-refractivity contribution is 0.224. The van der Waals surface area contributed by atoms with Crippen molar-refractivity contribution in [2.24, 2.45) is 0 Å². The van der Waals surface area contributed by atoms with Crippen LogP contribution in [0, 0.1) is 0 Å². The van der Waals surface area contributed by atoms with E-state index in [1.165, 1.54) is 7.05 Å². The van der Waals surface area contributed by atoms with Crippen LogP contribution in [0.15, 0.2) is 0 Å². The van der Waals surface area contributed by atoms with Gasteiger partial charge in [0.15, 0.2) is 0 Å². The van der Waals surface area contributed by atoms with Crippen LogP contribution in [-0.4, -0.2) is 38.2 Å². The summed E-state index contributed by atoms with van der Waals surface area (Å²) in [5.41, 5.74) is 2.21. The van der Waals surface area contributed by atoms with E-state index >= 15 is 0 Å². The van der Waals surface area contributed by atoms with Gasteiger partial charge in [0, 0.05) is 13.6 Å². The Balaban J connectivity index is 2.59. The number of hydrogen-bond donors (Lipinski definition) is 2. The molecule has 0 unspecified atom stereocenters. The topological polar surface area (TPSA) is 78.5 Å². The molecule has 6 nitrogen and oxygen atoms in total. The normalized spacial score (nSPS) is 22.1. The maximum absolute atomic E-state index is 11.1. The fourth-order valence-corrected chi connectivity index (χ4v) is 2.28. The second-order valence-corrected chi connectivity index (χ2v) is 4.45. The van der Waals surface area contributed by atoms with Crippen molar-refractivity contribution in [3.05, 3.63) is 0 Å². The number of hydrogen-bond acceptors (Lipinski definition) is 3. The number of carbonyl (C=O) groups excluding carboxylic acids is 1. The fourth-order valence-electron chi connectivity index (χ4n) is 0.934. The molecule has 0 saturated carbocycles. The third-order valence-corrected chi connectivity index (χ3v) is 3.30. The monoisotopic (exact) mass is 193 g/mol. The summed E-state index contributed by atoms with van der Waals surface area (Å²) >= 11 is 0. The molecule has 0 bridgehead atoms. The summed E-state index contributed by atoms with van der Waals surface area (Å²) < 4.78 is 23.2. The van der Waals surface area contributed by atoms with Crippen LogP contribution >= 0.6 is 0 Å². The Morgan fingerprint density at radius 1 is 1.50 bits per heavy atom. The molecular weight excluding hydrogens is 182 g/mol. The Morgan fingerprint density at radius 2 is 2.17 bits per heavy atom. The summed E-state index contributed by atoms with van der Waals surface area (Å²) in [6, 6.07) is -0.513. The smallest absolute Gasteiger partial charge is 0.329 e. The van der Waals surface area contributed by atoms with Gasteiger partial charge in [0.25, 0.3) is 0 Å². The lowest BCUT2D eigenvalue weighted by atomic mass is 10.5. The molecular formula is C5H11N3O3S. The van der Waals surface area contributed by atoms with Crippen molar-refractivity contribution in [3.63, 3.8) is 0 Å². The first-order valence-corrected chi connectivity index (χ1v) is 5.16. The number of urea groups is 1. The fraction of sp³-hybridized carbons (Fsp3) is 0.800. The van der Waals surface area contributed by atoms with Crippen LogP contribution in [-0.2, 0) is 10.0 Å². The molecule has 7 heteroatoms. The molecule has 1 heterocycles. The van der Waals surface area contributed by atoms with Gasteiger partial charge in [0.1, 0.15) is 0 Å². The first-order valence-electron chi connectivity index (χ1n) is 3.55. The molecule has 1 fully saturated rings. The van der Waals surface area contributed by atoms with E-state index in [2.05, 4.69) is 10.7 Å². The first kappa shape index (κ1) is 9.27. The average molecular weight is 193 g/mol. The van der Waals surface area contributed by atoms with E-state index in [9.17, 15) is 13.2 Å². The molecule has 1 rings (SSSR count). The van der Waals surface area contributed by atoms with Crippen molar-refractivity contribution in [3.8, 4) is 0 Å². The largest absolute Gasteiger partial charge is 0.340 e. The summed E-state index contributed by atoms with van der Waals surface area (Å²) in [6.07, 6.45) is 0.562. The molecule has 1 saturated heterocycles. The van der Waals surface area contributed by atoms with E-state index in [1.807, 2.05) is 0 Å². The van der Waals surface area contributed by atoms with Gasteiger partial charge in [0.2, 0.25) is 10.0 Å². The van der Waals surface area contributed by atoms with Crippen molar-refractivity contribution in [1.82, 2.24) is 15.2 Å². The van der Waals surface area contributed by atoms with Crippen molar-refractivity contribution in [2.45, 2.75) is 6.42 Å². The Bertz CT molecular complexity index is 274. The predicted octanol–water partition coefficient (Wildman–Crippen LogP) is -1.13. The zero-order chi connectivity index (χ0) is 9.19. The minimum absolute atomic E-state index is 0.108. The van der Waals surface area contributed by atoms with Gasteiger partial charge in [-0.25, -0.2) is 13.2 Å². The Hall–Kier alpha value is -0.820. The van der Waals surface area contributed by atoms with E-state index in [-0.39, 0.29) is 5.75 Å². The highest BCUT2D eigenvalue weighted by atomic mass is 32.2. The Morgan fingerprint density at radius 3 is 2.58 bits per heavy atom. The molecule has 2 N–H and O–H groups in total. The standard InChI is InChI=1S/C5H11N3O3S/c1-6-5(9)7-8-3-2-4-12(8,10)11/h2-4H2,1H3,(H2,6,7,9). The SMILES string of the molecule is CNC(=O)NN1CCCS1(=O)=O. The highest BCUT2D eigenvalue weighted by Crippen LogP contribution is 2.09. The minimum atomic E-state index is -3.23. The van der Waals surface area contributed by atoms with Crippen LogP contribution < -0.4 is 10.7 Å². The van der Waals surface area contributed by atoms with Crippen molar-refractivity contribution in [2.75, 3.05) is 19.3 Å². The van der Waals surface area contributed by atoms with Gasteiger partial charge < -0.3 is 5.32 Å². The van der Waals surface area contributed by atoms with Crippen LogP contribution in [0.1, 0.15) is 6.42 Å². The van der Waals surface area contributed by atoms with Crippen LogP contribution in [0.3, 0.4) is 0 Å². The van der Waals surface area contributed by atoms with Crippen LogP contribution in [0.5, 0.6) is 0 Å². The van der Waals surface area contributed by atoms with E-state index in [1.54, 1.807) is 0 Å². The highest BCUT2D eigenvalue weighted by molar-refractivity contribution is 7.89. The highest BCUT2D eigenvalue weighted by Gasteiger charge is 2.29. The molecule has 2 amide bonds. The van der Waals surface area contributed by atoms with E-state index in [0.29, 0.717) is 13.0 Å². The molecule has 0 spiro atoms. The zero-order valence-corrected chi connectivity index (χ0v) is 7.52. The maximum Gasteiger partial charge on any atom is 0.329 e. The van der Waals surface area contributed by atoms with E-state index < -0.39 is 16.1 Å². The number of amides is 2. The minimum Gasteiger partial charge on any atom is -0.340 e. The first-order chi connectivity index (χ1) is 5.56. The van der Waals surface area contributed by atoms with Crippen molar-refractivity contribution >= 4 is 16.1 Å². The lowest BCUT2D eigenvalue weighted by Gasteiger charge is -2.14. The molecule has 0 radical (unpaired) electrons. The molecule has 1 aliphatic rings. The molecule has 1 aliphatic heterocycles. The summed E-state index contributed by atoms with van der Waals surface area (Å²) in [5, 5.41) is 2.27. The van der Waals surface area contributed by atoms with Gasteiger partial charge in [-0.15, -0.1) is 4.41 Å². The summed E-state index contributed by atoms with van der Waals surface area (Å²) in [6.45, 7) is 0.357. The Labute approximate surface area is 70.9 Å². The van der Waals surface area contributed by atoms with Crippen LogP contribution in [0.2, 0.25) is 0 Å². The maximum atomic E-state index is 11.1. The third-order valence-electron chi connectivity index (χ3n) is 1.55. The second kappa shape index (κ2) is 3.28. The molecule has 0 aromatic heterocycles. The number of rotatable bonds is 1. The number of sulfonamides is 1. The molecule has 0 atom stereocenters. The van der Waals surface area contributed by atoms with Gasteiger partial charge in [-0.2, -0.15) is 0 Å². The van der Waals surface area contributed by atoms with Crippen molar-refractivity contribution < 1.29 is 13.2 Å². The molecule has 12 heavy (non-hydrogen) atoms. The molecule has 70 valence electrons. The summed E-state index contributed by atoms with van der Waals surface area (Å²) in [5.74, 6) is 0.108. The van der Waals surface area contributed by atoms with E-state index in [4.69, 9.17) is 0 Å². The summed E-state index contributed by atoms with van der Waals surface area (Å²) in [4.78, 5) is 10.7. The van der Waals surface area contributed by atoms with E-state index in [0.717, 1.165) is 4.41 Å². The summed E-state index contributed by atoms with van der Waals surface area (Å²) in [7, 11) is -1.80. The van der Waals surface area contributed by atoms with Crippen LogP contribution in [0.25, 0.3) is 0 Å². The predicted molar refractivity (Wildman–Crippen MR) is 42.7 cm³/mol. The number of nitrogens with zero attached hydrogens (tertiary/aromatic N) is 1. The van der Waals surface area contributed by atoms with Gasteiger partial charge in [-0.1, -0.05) is 0 Å². The lowest BCUT2D eigenvalue weighted by Crippen LogP contribution is -2.46. The molecule has 0 aromatic rings. The third kappa shape index (κ3) is 1.86. The Kier molecular flexibility index (Phi) is 2.53. The van der Waals surface area contributed by atoms with Gasteiger partial charge >= 0.3 is 6.03 Å². The number of hydrazine groups is 1. The van der Waals surface area contributed by atoms with Gasteiger partial charge in [-0.05, 0) is 6.42 Å². The van der Waals surface area contributed by atoms with Gasteiger partial charge in [0.05, 0.1) is 5.75 Å². The number of nitrogens with one attached hydrogen (secondary N) is 2. The average Bonchev–Trinajstić information content (AvgIpc) is 2.31. The zero-order valence-electron chi connectivity index (χ0n) is 6.70. The molecule has 0 aromatic carbocycles. The second-order valence-electron chi connectivity index (χ2n) is 2.43. The van der Waals surface area contributed by atoms with Gasteiger partial charge in [-0.3, -0.25) is 5.43 Å². The molecule has 0 aliphatic carbocycles. The van der Waals surface area contributed by atoms with Crippen LogP contribution in [0.4, 0.5) is 4.79 Å². The quantitative estimate of drug-likeness (QED) is 0.553.